The fourth-order valence-corrected chi connectivity index (χ4v) is 2.19. The molecule has 0 amide bonds. The second-order valence-electron chi connectivity index (χ2n) is 4.94. The number of ether oxygens (including phenoxy) is 2. The Morgan fingerprint density at radius 2 is 2.19 bits per heavy atom. The minimum atomic E-state index is -0.518. The van der Waals surface area contributed by atoms with Gasteiger partial charge in [0.25, 0.3) is 0 Å². The lowest BCUT2D eigenvalue weighted by Crippen LogP contribution is -2.37. The molecule has 1 aliphatic heterocycles. The molecule has 0 bridgehead atoms. The van der Waals surface area contributed by atoms with Crippen LogP contribution >= 0.6 is 0 Å². The Bertz CT molecular complexity index is 475. The molecule has 1 fully saturated rings. The topological polar surface area (TPSA) is 76.6 Å². The molecule has 116 valence electrons. The maximum absolute atomic E-state index is 11.5. The third-order valence-corrected chi connectivity index (χ3v) is 3.28. The van der Waals surface area contributed by atoms with E-state index in [9.17, 15) is 4.79 Å². The zero-order chi connectivity index (χ0) is 15.1. The Balaban J connectivity index is 1.79. The van der Waals surface area contributed by atoms with E-state index in [1.807, 2.05) is 13.0 Å². The van der Waals surface area contributed by atoms with Gasteiger partial charge in [0.1, 0.15) is 5.82 Å². The van der Waals surface area contributed by atoms with Gasteiger partial charge in [-0.15, -0.1) is 0 Å². The van der Waals surface area contributed by atoms with Crippen LogP contribution in [0.25, 0.3) is 0 Å². The first-order chi connectivity index (χ1) is 10.2. The Kier molecular flexibility index (Phi) is 5.89. The number of nitrogens with zero attached hydrogens (tertiary/aromatic N) is 3. The number of anilines is 1. The van der Waals surface area contributed by atoms with E-state index in [2.05, 4.69) is 24.9 Å². The molecule has 0 aliphatic carbocycles. The van der Waals surface area contributed by atoms with E-state index in [0.717, 1.165) is 51.5 Å². The summed E-state index contributed by atoms with van der Waals surface area (Å²) in [6.07, 6.45) is 1.01. The first-order valence-electron chi connectivity index (χ1n) is 7.17. The van der Waals surface area contributed by atoms with Crippen molar-refractivity contribution in [2.75, 3.05) is 51.8 Å². The van der Waals surface area contributed by atoms with Crippen LogP contribution in [0, 0.1) is 6.92 Å². The Morgan fingerprint density at radius 1 is 1.43 bits per heavy atom. The van der Waals surface area contributed by atoms with Gasteiger partial charge < -0.3 is 14.8 Å². The predicted octanol–water partition coefficient (Wildman–Crippen LogP) is 0.706. The number of methoxy groups -OCH3 is 1. The van der Waals surface area contributed by atoms with Crippen molar-refractivity contribution in [3.8, 4) is 0 Å². The van der Waals surface area contributed by atoms with Crippen LogP contribution < -0.4 is 5.32 Å². The van der Waals surface area contributed by atoms with Gasteiger partial charge in [-0.05, 0) is 19.9 Å². The van der Waals surface area contributed by atoms with Gasteiger partial charge >= 0.3 is 5.97 Å². The molecule has 7 heteroatoms. The number of rotatable bonds is 6. The summed E-state index contributed by atoms with van der Waals surface area (Å²) in [5.74, 6) is 0.230. The number of hydrogen-bond acceptors (Lipinski definition) is 7. The van der Waals surface area contributed by atoms with Gasteiger partial charge in [-0.1, -0.05) is 0 Å². The van der Waals surface area contributed by atoms with Gasteiger partial charge in [-0.25, -0.2) is 14.8 Å². The number of morpholine rings is 1. The predicted molar refractivity (Wildman–Crippen MR) is 78.5 cm³/mol. The Labute approximate surface area is 124 Å². The van der Waals surface area contributed by atoms with E-state index in [1.165, 1.54) is 7.11 Å². The summed E-state index contributed by atoms with van der Waals surface area (Å²) in [5, 5.41) is 3.23. The molecule has 0 radical (unpaired) electrons. The van der Waals surface area contributed by atoms with Gasteiger partial charge in [0.2, 0.25) is 5.82 Å². The van der Waals surface area contributed by atoms with Crippen LogP contribution in [0.3, 0.4) is 0 Å². The molecule has 0 aromatic carbocycles. The SMILES string of the molecule is COC(=O)c1nc(C)cc(NCCCN2CCOCC2)n1. The fraction of sp³-hybridized carbons (Fsp3) is 0.643. The highest BCUT2D eigenvalue weighted by molar-refractivity contribution is 5.85. The second-order valence-corrected chi connectivity index (χ2v) is 4.94. The summed E-state index contributed by atoms with van der Waals surface area (Å²) in [4.78, 5) is 22.1. The van der Waals surface area contributed by atoms with E-state index in [-0.39, 0.29) is 5.82 Å². The van der Waals surface area contributed by atoms with Crippen molar-refractivity contribution in [2.45, 2.75) is 13.3 Å². The van der Waals surface area contributed by atoms with Gasteiger partial charge in [0.05, 0.1) is 20.3 Å². The molecule has 1 N–H and O–H groups in total. The average molecular weight is 294 g/mol. The summed E-state index contributed by atoms with van der Waals surface area (Å²) in [5.41, 5.74) is 0.737. The van der Waals surface area contributed by atoms with Gasteiger partial charge in [0.15, 0.2) is 0 Å². The lowest BCUT2D eigenvalue weighted by molar-refractivity contribution is 0.0378. The largest absolute Gasteiger partial charge is 0.463 e. The maximum Gasteiger partial charge on any atom is 0.376 e. The van der Waals surface area contributed by atoms with Crippen molar-refractivity contribution in [2.24, 2.45) is 0 Å². The van der Waals surface area contributed by atoms with Crippen LogP contribution in [0.15, 0.2) is 6.07 Å². The van der Waals surface area contributed by atoms with Crippen molar-refractivity contribution < 1.29 is 14.3 Å². The highest BCUT2D eigenvalue weighted by Gasteiger charge is 2.12. The number of carbonyl (C=O) groups excluding carboxylic acids is 1. The zero-order valence-corrected chi connectivity index (χ0v) is 12.6. The number of hydrogen-bond donors (Lipinski definition) is 1. The molecule has 7 nitrogen and oxygen atoms in total. The summed E-state index contributed by atoms with van der Waals surface area (Å²) in [7, 11) is 1.32. The Hall–Kier alpha value is -1.73. The molecule has 0 atom stereocenters. The fourth-order valence-electron chi connectivity index (χ4n) is 2.19. The first kappa shape index (κ1) is 15.7. The van der Waals surface area contributed by atoms with E-state index < -0.39 is 5.97 Å². The third kappa shape index (κ3) is 4.95. The van der Waals surface area contributed by atoms with Crippen molar-refractivity contribution in [1.82, 2.24) is 14.9 Å². The standard InChI is InChI=1S/C14H22N4O3/c1-11-10-12(17-13(16-11)14(19)20-2)15-4-3-5-18-6-8-21-9-7-18/h10H,3-9H2,1-2H3,(H,15,16,17). The normalized spacial score (nSPS) is 15.7. The molecule has 1 aromatic heterocycles. The average Bonchev–Trinajstić information content (AvgIpc) is 2.51. The molecule has 0 spiro atoms. The van der Waals surface area contributed by atoms with Gasteiger partial charge in [0, 0.05) is 31.4 Å². The number of aryl methyl sites for hydroxylation is 1. The minimum absolute atomic E-state index is 0.0909. The highest BCUT2D eigenvalue weighted by atomic mass is 16.5. The second kappa shape index (κ2) is 7.90. The first-order valence-corrected chi connectivity index (χ1v) is 7.17. The monoisotopic (exact) mass is 294 g/mol. The number of aromatic nitrogens is 2. The minimum Gasteiger partial charge on any atom is -0.463 e. The van der Waals surface area contributed by atoms with Crippen LogP contribution in [0.5, 0.6) is 0 Å². The van der Waals surface area contributed by atoms with Crippen molar-refractivity contribution in [3.05, 3.63) is 17.6 Å². The molecule has 1 aromatic rings. The van der Waals surface area contributed by atoms with Gasteiger partial charge in [-0.2, -0.15) is 0 Å². The lowest BCUT2D eigenvalue weighted by Gasteiger charge is -2.26. The zero-order valence-electron chi connectivity index (χ0n) is 12.6. The van der Waals surface area contributed by atoms with Gasteiger partial charge in [-0.3, -0.25) is 4.90 Å². The smallest absolute Gasteiger partial charge is 0.376 e. The van der Waals surface area contributed by atoms with E-state index >= 15 is 0 Å². The van der Waals surface area contributed by atoms with Crippen LogP contribution in [0.4, 0.5) is 5.82 Å². The number of carbonyl (C=O) groups is 1. The Morgan fingerprint density at radius 3 is 2.90 bits per heavy atom. The summed E-state index contributed by atoms with van der Waals surface area (Å²) < 4.78 is 9.96. The quantitative estimate of drug-likeness (QED) is 0.611. The van der Waals surface area contributed by atoms with Crippen LogP contribution in [0.2, 0.25) is 0 Å². The molecule has 21 heavy (non-hydrogen) atoms. The van der Waals surface area contributed by atoms with Crippen LogP contribution in [-0.2, 0) is 9.47 Å². The summed E-state index contributed by atoms with van der Waals surface area (Å²) in [6, 6.07) is 1.82. The van der Waals surface area contributed by atoms with Crippen LogP contribution in [-0.4, -0.2) is 67.3 Å². The molecule has 0 saturated carbocycles. The molecule has 1 saturated heterocycles. The van der Waals surface area contributed by atoms with Crippen molar-refractivity contribution in [1.29, 1.82) is 0 Å². The van der Waals surface area contributed by atoms with Crippen LogP contribution in [0.1, 0.15) is 22.7 Å². The summed E-state index contributed by atoms with van der Waals surface area (Å²) >= 11 is 0. The molecule has 2 heterocycles. The summed E-state index contributed by atoms with van der Waals surface area (Å²) in [6.45, 7) is 7.30. The lowest BCUT2D eigenvalue weighted by atomic mass is 10.3. The van der Waals surface area contributed by atoms with E-state index in [1.54, 1.807) is 0 Å². The van der Waals surface area contributed by atoms with E-state index in [0.29, 0.717) is 5.82 Å². The van der Waals surface area contributed by atoms with E-state index in [4.69, 9.17) is 4.74 Å². The van der Waals surface area contributed by atoms with Crippen molar-refractivity contribution >= 4 is 11.8 Å². The number of esters is 1. The molecular weight excluding hydrogens is 272 g/mol. The molecule has 1 aliphatic rings. The van der Waals surface area contributed by atoms with Crippen molar-refractivity contribution in [3.63, 3.8) is 0 Å². The highest BCUT2D eigenvalue weighted by Crippen LogP contribution is 2.07. The molecular formula is C14H22N4O3. The molecule has 0 unspecified atom stereocenters. The third-order valence-electron chi connectivity index (χ3n) is 3.28. The number of nitrogens with one attached hydrogen (secondary N) is 1. The molecule has 2 rings (SSSR count). The maximum atomic E-state index is 11.5.